The summed E-state index contributed by atoms with van der Waals surface area (Å²) in [4.78, 5) is 1.17. The lowest BCUT2D eigenvalue weighted by molar-refractivity contribution is 0.680. The van der Waals surface area contributed by atoms with Crippen molar-refractivity contribution < 1.29 is 0 Å². The van der Waals surface area contributed by atoms with Crippen molar-refractivity contribution in [3.63, 3.8) is 0 Å². The predicted octanol–water partition coefficient (Wildman–Crippen LogP) is 3.81. The average Bonchev–Trinajstić information content (AvgIpc) is 2.94. The van der Waals surface area contributed by atoms with Crippen LogP contribution in [-0.2, 0) is 6.54 Å². The monoisotopic (exact) mass is 285 g/mol. The number of aromatic nitrogens is 3. The molecule has 0 unspecified atom stereocenters. The molecule has 0 bridgehead atoms. The van der Waals surface area contributed by atoms with Crippen LogP contribution in [0.15, 0.2) is 17.5 Å². The molecule has 0 saturated heterocycles. The Hall–Kier alpha value is -0.590. The van der Waals surface area contributed by atoms with Crippen LogP contribution in [0, 0.1) is 4.77 Å². The Morgan fingerprint density at radius 3 is 3.18 bits per heavy atom. The molecule has 0 fully saturated rings. The third kappa shape index (κ3) is 3.20. The fourth-order valence-corrected chi connectivity index (χ4v) is 3.16. The van der Waals surface area contributed by atoms with Crippen LogP contribution >= 0.6 is 35.3 Å². The average molecular weight is 285 g/mol. The maximum absolute atomic E-state index is 5.27. The van der Waals surface area contributed by atoms with E-state index in [1.807, 2.05) is 17.8 Å². The van der Waals surface area contributed by atoms with E-state index in [1.54, 1.807) is 11.3 Å². The number of nitrogens with one attached hydrogen (secondary N) is 1. The molecule has 92 valence electrons. The van der Waals surface area contributed by atoms with Gasteiger partial charge in [-0.3, -0.25) is 9.67 Å². The minimum Gasteiger partial charge on any atom is -0.299 e. The standard InChI is InChI=1S/C11H15N3S3/c1-2-16-7-4-6-14-10(12-13-11(14)15)9-5-3-8-17-9/h3,5,8H,2,4,6-7H2,1H3,(H,13,15). The molecular formula is C11H15N3S3. The molecule has 0 aliphatic rings. The number of hydrogen-bond acceptors (Lipinski definition) is 4. The fourth-order valence-electron chi connectivity index (χ4n) is 1.59. The summed E-state index contributed by atoms with van der Waals surface area (Å²) in [6, 6.07) is 4.11. The van der Waals surface area contributed by atoms with Crippen molar-refractivity contribution in [3.8, 4) is 10.7 Å². The Balaban J connectivity index is 2.11. The van der Waals surface area contributed by atoms with Crippen molar-refractivity contribution in [1.29, 1.82) is 0 Å². The minimum absolute atomic E-state index is 0.717. The van der Waals surface area contributed by atoms with Crippen molar-refractivity contribution in [1.82, 2.24) is 14.8 Å². The van der Waals surface area contributed by atoms with Crippen LogP contribution in [0.25, 0.3) is 10.7 Å². The van der Waals surface area contributed by atoms with E-state index in [9.17, 15) is 0 Å². The zero-order chi connectivity index (χ0) is 12.1. The Morgan fingerprint density at radius 1 is 1.59 bits per heavy atom. The summed E-state index contributed by atoms with van der Waals surface area (Å²) in [6.45, 7) is 3.13. The number of thioether (sulfide) groups is 1. The molecule has 0 aromatic carbocycles. The van der Waals surface area contributed by atoms with Gasteiger partial charge in [-0.15, -0.1) is 11.3 Å². The van der Waals surface area contributed by atoms with Gasteiger partial charge in [-0.25, -0.2) is 0 Å². The van der Waals surface area contributed by atoms with E-state index < -0.39 is 0 Å². The Labute approximate surface area is 114 Å². The van der Waals surface area contributed by atoms with Crippen molar-refractivity contribution in [2.24, 2.45) is 0 Å². The summed E-state index contributed by atoms with van der Waals surface area (Å²) < 4.78 is 2.81. The number of hydrogen-bond donors (Lipinski definition) is 1. The normalized spacial score (nSPS) is 10.9. The summed E-state index contributed by atoms with van der Waals surface area (Å²) >= 11 is 8.92. The van der Waals surface area contributed by atoms with E-state index in [4.69, 9.17) is 12.2 Å². The van der Waals surface area contributed by atoms with Gasteiger partial charge in [0.15, 0.2) is 10.6 Å². The van der Waals surface area contributed by atoms with Gasteiger partial charge in [0.2, 0.25) is 0 Å². The predicted molar refractivity (Wildman–Crippen MR) is 78.3 cm³/mol. The Kier molecular flexibility index (Phi) is 4.82. The highest BCUT2D eigenvalue weighted by atomic mass is 32.2. The first-order chi connectivity index (χ1) is 8.33. The largest absolute Gasteiger partial charge is 0.299 e. The van der Waals surface area contributed by atoms with Crippen molar-refractivity contribution in [3.05, 3.63) is 22.3 Å². The van der Waals surface area contributed by atoms with E-state index in [1.165, 1.54) is 16.4 Å². The molecule has 2 heterocycles. The van der Waals surface area contributed by atoms with Gasteiger partial charge in [-0.05, 0) is 41.6 Å². The third-order valence-electron chi connectivity index (χ3n) is 2.37. The van der Waals surface area contributed by atoms with E-state index in [-0.39, 0.29) is 0 Å². The molecule has 0 radical (unpaired) electrons. The first kappa shape index (κ1) is 12.9. The van der Waals surface area contributed by atoms with E-state index in [2.05, 4.69) is 33.1 Å². The molecule has 2 aromatic rings. The van der Waals surface area contributed by atoms with Crippen LogP contribution in [0.4, 0.5) is 0 Å². The molecule has 0 aliphatic heterocycles. The van der Waals surface area contributed by atoms with Gasteiger partial charge in [0.05, 0.1) is 4.88 Å². The van der Waals surface area contributed by atoms with Crippen molar-refractivity contribution >= 4 is 35.3 Å². The van der Waals surface area contributed by atoms with E-state index in [0.717, 1.165) is 23.6 Å². The molecule has 2 rings (SSSR count). The summed E-state index contributed by atoms with van der Waals surface area (Å²) in [7, 11) is 0. The molecule has 0 amide bonds. The number of rotatable bonds is 6. The van der Waals surface area contributed by atoms with E-state index in [0.29, 0.717) is 0 Å². The summed E-state index contributed by atoms with van der Waals surface area (Å²) in [5, 5.41) is 9.25. The molecule has 6 heteroatoms. The van der Waals surface area contributed by atoms with Crippen LogP contribution in [0.5, 0.6) is 0 Å². The van der Waals surface area contributed by atoms with Gasteiger partial charge >= 0.3 is 0 Å². The Morgan fingerprint density at radius 2 is 2.47 bits per heavy atom. The topological polar surface area (TPSA) is 33.6 Å². The summed E-state index contributed by atoms with van der Waals surface area (Å²) in [6.07, 6.45) is 1.13. The van der Waals surface area contributed by atoms with Gasteiger partial charge in [-0.2, -0.15) is 16.9 Å². The molecule has 0 saturated carbocycles. The lowest BCUT2D eigenvalue weighted by atomic mass is 10.4. The van der Waals surface area contributed by atoms with Crippen LogP contribution < -0.4 is 0 Å². The SMILES string of the molecule is CCSCCCn1c(-c2cccs2)n[nH]c1=S. The second kappa shape index (κ2) is 6.37. The maximum atomic E-state index is 5.27. The van der Waals surface area contributed by atoms with Crippen LogP contribution in [-0.4, -0.2) is 26.3 Å². The first-order valence-corrected chi connectivity index (χ1v) is 8.04. The number of thiophene rings is 1. The number of nitrogens with zero attached hydrogens (tertiary/aromatic N) is 2. The lowest BCUT2D eigenvalue weighted by Gasteiger charge is -2.04. The molecule has 0 aliphatic carbocycles. The van der Waals surface area contributed by atoms with Crippen LogP contribution in [0.1, 0.15) is 13.3 Å². The van der Waals surface area contributed by atoms with Crippen LogP contribution in [0.2, 0.25) is 0 Å². The van der Waals surface area contributed by atoms with Crippen molar-refractivity contribution in [2.45, 2.75) is 19.9 Å². The maximum Gasteiger partial charge on any atom is 0.195 e. The molecule has 1 N–H and O–H groups in total. The highest BCUT2D eigenvalue weighted by molar-refractivity contribution is 7.99. The zero-order valence-corrected chi connectivity index (χ0v) is 12.1. The smallest absolute Gasteiger partial charge is 0.195 e. The van der Waals surface area contributed by atoms with Gasteiger partial charge in [0.25, 0.3) is 0 Å². The highest BCUT2D eigenvalue weighted by Gasteiger charge is 2.08. The molecular weight excluding hydrogens is 270 g/mol. The fraction of sp³-hybridized carbons (Fsp3) is 0.455. The second-order valence-corrected chi connectivity index (χ2v) is 6.26. The molecule has 2 aromatic heterocycles. The molecule has 0 atom stereocenters. The minimum atomic E-state index is 0.717. The van der Waals surface area contributed by atoms with Gasteiger partial charge in [0, 0.05) is 6.54 Å². The van der Waals surface area contributed by atoms with Gasteiger partial charge in [-0.1, -0.05) is 13.0 Å². The summed E-state index contributed by atoms with van der Waals surface area (Å²) in [5.41, 5.74) is 0. The van der Waals surface area contributed by atoms with Gasteiger partial charge in [0.1, 0.15) is 0 Å². The molecule has 17 heavy (non-hydrogen) atoms. The molecule has 0 spiro atoms. The summed E-state index contributed by atoms with van der Waals surface area (Å²) in [5.74, 6) is 3.31. The quantitative estimate of drug-likeness (QED) is 0.647. The van der Waals surface area contributed by atoms with Crippen molar-refractivity contribution in [2.75, 3.05) is 11.5 Å². The number of aromatic amines is 1. The lowest BCUT2D eigenvalue weighted by Crippen LogP contribution is -2.01. The first-order valence-electron chi connectivity index (χ1n) is 5.59. The van der Waals surface area contributed by atoms with Crippen LogP contribution in [0.3, 0.4) is 0 Å². The third-order valence-corrected chi connectivity index (χ3v) is 4.54. The highest BCUT2D eigenvalue weighted by Crippen LogP contribution is 2.23. The van der Waals surface area contributed by atoms with E-state index >= 15 is 0 Å². The molecule has 3 nitrogen and oxygen atoms in total. The Bertz CT molecular complexity index is 498. The second-order valence-electron chi connectivity index (χ2n) is 3.53. The number of H-pyrrole nitrogens is 1. The zero-order valence-electron chi connectivity index (χ0n) is 9.68. The van der Waals surface area contributed by atoms with Gasteiger partial charge < -0.3 is 0 Å².